The van der Waals surface area contributed by atoms with Crippen LogP contribution >= 0.6 is 23.2 Å². The number of carbonyl (C=O) groups is 2. The van der Waals surface area contributed by atoms with Crippen LogP contribution < -0.4 is 0 Å². The third-order valence-electron chi connectivity index (χ3n) is 6.56. The van der Waals surface area contributed by atoms with E-state index in [-0.39, 0.29) is 11.5 Å². The minimum Gasteiger partial charge on any atom is -0.481 e. The number of hydrogen-bond donors (Lipinski definition) is 3. The predicted molar refractivity (Wildman–Crippen MR) is 132 cm³/mol. The first-order valence-corrected chi connectivity index (χ1v) is 12.2. The second-order valence-corrected chi connectivity index (χ2v) is 10.0. The maximum atomic E-state index is 11.6. The number of allylic oxidation sites excluding steroid dienone is 2. The number of benzene rings is 1. The number of alkyl halides is 1. The van der Waals surface area contributed by atoms with Crippen LogP contribution in [0.4, 0.5) is 0 Å². The average Bonchev–Trinajstić information content (AvgIpc) is 3.48. The van der Waals surface area contributed by atoms with E-state index in [0.29, 0.717) is 23.6 Å². The zero-order chi connectivity index (χ0) is 25.6. The van der Waals surface area contributed by atoms with Gasteiger partial charge in [0.1, 0.15) is 12.7 Å². The van der Waals surface area contributed by atoms with Gasteiger partial charge in [-0.25, -0.2) is 9.78 Å². The Morgan fingerprint density at radius 2 is 1.83 bits per heavy atom. The molecule has 2 aliphatic carbocycles. The summed E-state index contributed by atoms with van der Waals surface area (Å²) in [5, 5.41) is 33.5. The number of nitrogens with zero attached hydrogens (tertiary/aromatic N) is 3. The molecule has 3 N–H and O–H groups in total. The summed E-state index contributed by atoms with van der Waals surface area (Å²) in [6.07, 6.45) is 10.7. The Balaban J connectivity index is 0.000000237. The normalized spacial score (nSPS) is 23.0. The van der Waals surface area contributed by atoms with Crippen molar-refractivity contribution in [2.24, 2.45) is 11.3 Å². The van der Waals surface area contributed by atoms with Crippen molar-refractivity contribution in [2.45, 2.75) is 51.2 Å². The molecule has 2 unspecified atom stereocenters. The number of carboxylic acids is 2. The Morgan fingerprint density at radius 1 is 1.17 bits per heavy atom. The molecule has 1 aromatic carbocycles. The molecule has 2 aromatic rings. The van der Waals surface area contributed by atoms with Gasteiger partial charge in [0.15, 0.2) is 0 Å². The molecule has 1 heterocycles. The van der Waals surface area contributed by atoms with E-state index in [9.17, 15) is 24.9 Å². The van der Waals surface area contributed by atoms with Gasteiger partial charge in [0.05, 0.1) is 18.1 Å². The third kappa shape index (κ3) is 6.72. The van der Waals surface area contributed by atoms with E-state index in [2.05, 4.69) is 10.1 Å². The van der Waals surface area contributed by atoms with E-state index >= 15 is 0 Å². The van der Waals surface area contributed by atoms with E-state index < -0.39 is 28.9 Å². The van der Waals surface area contributed by atoms with Crippen LogP contribution in [0.15, 0.2) is 60.2 Å². The summed E-state index contributed by atoms with van der Waals surface area (Å²) in [5.41, 5.74) is -0.0949. The standard InChI is InChI=1S/C17H16Cl2O4.C8H13N3O/c1-17(9-18)13(15(20)21)7-11(8-14(17)16(22)23)6-10-2-4-12(19)5-3-10;12-8(3-1-2-4-8)5-11-7-9-6-10-11/h2-5,7-8,13H,6,9H2,1H3,(H,20,21)(H,22,23);6-7,12H,1-5H2. The van der Waals surface area contributed by atoms with Crippen LogP contribution in [0.3, 0.4) is 0 Å². The number of aromatic nitrogens is 3. The summed E-state index contributed by atoms with van der Waals surface area (Å²) in [7, 11) is 0. The number of halogens is 2. The number of hydrogen-bond acceptors (Lipinski definition) is 5. The monoisotopic (exact) mass is 521 g/mol. The third-order valence-corrected chi connectivity index (χ3v) is 7.37. The molecule has 2 atom stereocenters. The lowest BCUT2D eigenvalue weighted by atomic mass is 9.68. The Hall–Kier alpha value is -2.68. The Bertz CT molecular complexity index is 1090. The highest BCUT2D eigenvalue weighted by Gasteiger charge is 2.45. The maximum Gasteiger partial charge on any atom is 0.332 e. The summed E-state index contributed by atoms with van der Waals surface area (Å²) >= 11 is 11.8. The first-order chi connectivity index (χ1) is 16.6. The van der Waals surface area contributed by atoms with Crippen molar-refractivity contribution < 1.29 is 24.9 Å². The lowest BCUT2D eigenvalue weighted by Gasteiger charge is -2.36. The molecule has 0 bridgehead atoms. The molecule has 2 aliphatic rings. The van der Waals surface area contributed by atoms with Gasteiger partial charge in [-0.1, -0.05) is 49.6 Å². The fourth-order valence-corrected chi connectivity index (χ4v) is 4.96. The molecule has 35 heavy (non-hydrogen) atoms. The minimum absolute atomic E-state index is 0.0198. The van der Waals surface area contributed by atoms with E-state index in [0.717, 1.165) is 31.2 Å². The largest absolute Gasteiger partial charge is 0.481 e. The fourth-order valence-electron chi connectivity index (χ4n) is 4.52. The van der Waals surface area contributed by atoms with Crippen molar-refractivity contribution >= 4 is 35.1 Å². The van der Waals surface area contributed by atoms with Gasteiger partial charge < -0.3 is 15.3 Å². The molecule has 1 saturated carbocycles. The van der Waals surface area contributed by atoms with Gasteiger partial charge in [0, 0.05) is 21.9 Å². The second-order valence-electron chi connectivity index (χ2n) is 9.30. The molecule has 1 aromatic heterocycles. The molecule has 0 saturated heterocycles. The van der Waals surface area contributed by atoms with Crippen molar-refractivity contribution in [3.8, 4) is 0 Å². The molecular formula is C25H29Cl2N3O5. The summed E-state index contributed by atoms with van der Waals surface area (Å²) < 4.78 is 1.70. The van der Waals surface area contributed by atoms with Crippen LogP contribution in [0.25, 0.3) is 0 Å². The molecule has 0 radical (unpaired) electrons. The number of carboxylic acid groups (broad SMARTS) is 2. The maximum absolute atomic E-state index is 11.6. The molecule has 4 rings (SSSR count). The average molecular weight is 522 g/mol. The highest BCUT2D eigenvalue weighted by atomic mass is 35.5. The fraction of sp³-hybridized carbons (Fsp3) is 0.440. The van der Waals surface area contributed by atoms with Crippen molar-refractivity contribution in [2.75, 3.05) is 5.88 Å². The zero-order valence-corrected chi connectivity index (χ0v) is 20.9. The summed E-state index contributed by atoms with van der Waals surface area (Å²) in [6, 6.07) is 7.12. The molecule has 8 nitrogen and oxygen atoms in total. The van der Waals surface area contributed by atoms with Crippen molar-refractivity contribution in [1.82, 2.24) is 14.8 Å². The molecule has 188 valence electrons. The van der Waals surface area contributed by atoms with Gasteiger partial charge in [-0.05, 0) is 48.6 Å². The highest BCUT2D eigenvalue weighted by Crippen LogP contribution is 2.43. The van der Waals surface area contributed by atoms with E-state index in [1.807, 2.05) is 12.1 Å². The predicted octanol–water partition coefficient (Wildman–Crippen LogP) is 4.36. The van der Waals surface area contributed by atoms with Crippen LogP contribution in [-0.4, -0.2) is 53.5 Å². The summed E-state index contributed by atoms with van der Waals surface area (Å²) in [5.74, 6) is -3.32. The SMILES string of the molecule is CC1(CCl)C(C(=O)O)=CC(Cc2ccc(Cl)cc2)=CC1C(=O)O.OC1(Cn2cncn2)CCCC1. The first-order valence-electron chi connectivity index (χ1n) is 11.3. The number of aliphatic carboxylic acids is 2. The number of aliphatic hydroxyl groups is 1. The van der Waals surface area contributed by atoms with Crippen LogP contribution in [-0.2, 0) is 22.6 Å². The molecule has 10 heteroatoms. The van der Waals surface area contributed by atoms with E-state index in [1.165, 1.54) is 12.4 Å². The highest BCUT2D eigenvalue weighted by molar-refractivity contribution is 6.30. The smallest absolute Gasteiger partial charge is 0.332 e. The van der Waals surface area contributed by atoms with Crippen molar-refractivity contribution in [3.05, 3.63) is 70.8 Å². The van der Waals surface area contributed by atoms with E-state index in [1.54, 1.807) is 36.1 Å². The van der Waals surface area contributed by atoms with Crippen LogP contribution in [0.5, 0.6) is 0 Å². The molecule has 0 aliphatic heterocycles. The zero-order valence-electron chi connectivity index (χ0n) is 19.4. The number of rotatable bonds is 7. The van der Waals surface area contributed by atoms with Gasteiger partial charge >= 0.3 is 11.9 Å². The Kier molecular flexibility index (Phi) is 8.74. The second kappa shape index (κ2) is 11.4. The van der Waals surface area contributed by atoms with Gasteiger partial charge in [-0.2, -0.15) is 5.10 Å². The Labute approximate surface area is 213 Å². The molecule has 1 fully saturated rings. The quantitative estimate of drug-likeness (QED) is 0.462. The Morgan fingerprint density at radius 3 is 2.34 bits per heavy atom. The minimum atomic E-state index is -1.15. The van der Waals surface area contributed by atoms with Crippen molar-refractivity contribution in [3.63, 3.8) is 0 Å². The van der Waals surface area contributed by atoms with Gasteiger partial charge in [0.25, 0.3) is 0 Å². The summed E-state index contributed by atoms with van der Waals surface area (Å²) in [4.78, 5) is 27.0. The van der Waals surface area contributed by atoms with Crippen LogP contribution in [0.1, 0.15) is 38.2 Å². The van der Waals surface area contributed by atoms with Crippen LogP contribution in [0.2, 0.25) is 5.02 Å². The van der Waals surface area contributed by atoms with Gasteiger partial charge in [-0.3, -0.25) is 9.48 Å². The topological polar surface area (TPSA) is 126 Å². The molecular weight excluding hydrogens is 493 g/mol. The van der Waals surface area contributed by atoms with Gasteiger partial charge in [-0.15, -0.1) is 11.6 Å². The van der Waals surface area contributed by atoms with Gasteiger partial charge in [0.2, 0.25) is 0 Å². The lowest BCUT2D eigenvalue weighted by molar-refractivity contribution is -0.143. The van der Waals surface area contributed by atoms with Crippen LogP contribution in [0, 0.1) is 11.3 Å². The lowest BCUT2D eigenvalue weighted by Crippen LogP contribution is -2.40. The van der Waals surface area contributed by atoms with Crippen molar-refractivity contribution in [1.29, 1.82) is 0 Å². The molecule has 0 amide bonds. The molecule has 0 spiro atoms. The first kappa shape index (κ1) is 26.9. The van der Waals surface area contributed by atoms with E-state index in [4.69, 9.17) is 23.2 Å². The summed E-state index contributed by atoms with van der Waals surface area (Å²) in [6.45, 7) is 2.15.